The largest absolute Gasteiger partial charge is 0.427 e. The van der Waals surface area contributed by atoms with Gasteiger partial charge in [-0.3, -0.25) is 0 Å². The molecular formula is C10H14F3N3S. The zero-order valence-corrected chi connectivity index (χ0v) is 10.2. The lowest BCUT2D eigenvalue weighted by atomic mass is 10.1. The van der Waals surface area contributed by atoms with Crippen LogP contribution in [-0.2, 0) is 6.18 Å². The maximum absolute atomic E-state index is 12.4. The van der Waals surface area contributed by atoms with Crippen LogP contribution in [0.3, 0.4) is 0 Å². The fraction of sp³-hybridized carbons (Fsp3) is 0.700. The van der Waals surface area contributed by atoms with E-state index in [-0.39, 0.29) is 6.04 Å². The molecule has 1 aliphatic heterocycles. The molecule has 0 radical (unpaired) electrons. The van der Waals surface area contributed by atoms with Crippen LogP contribution in [0.4, 0.5) is 18.3 Å². The van der Waals surface area contributed by atoms with E-state index in [1.54, 1.807) is 0 Å². The molecule has 0 amide bonds. The lowest BCUT2D eigenvalue weighted by Gasteiger charge is -2.29. The Hall–Kier alpha value is -0.820. The summed E-state index contributed by atoms with van der Waals surface area (Å²) < 4.78 is 37.1. The Kier molecular flexibility index (Phi) is 3.58. The molecule has 0 unspecified atom stereocenters. The molecular weight excluding hydrogens is 251 g/mol. The van der Waals surface area contributed by atoms with Gasteiger partial charge in [0.1, 0.15) is 4.88 Å². The maximum atomic E-state index is 12.4. The third-order valence-corrected chi connectivity index (χ3v) is 3.80. The quantitative estimate of drug-likeness (QED) is 0.891. The Labute approximate surface area is 102 Å². The van der Waals surface area contributed by atoms with E-state index >= 15 is 0 Å². The molecule has 0 atom stereocenters. The minimum Gasteiger partial charge on any atom is -0.359 e. The molecule has 96 valence electrons. The summed E-state index contributed by atoms with van der Waals surface area (Å²) in [4.78, 5) is 5.33. The van der Waals surface area contributed by atoms with Crippen molar-refractivity contribution >= 4 is 16.5 Å². The second-order valence-corrected chi connectivity index (χ2v) is 5.28. The average molecular weight is 265 g/mol. The van der Waals surface area contributed by atoms with Crippen LogP contribution in [0.15, 0.2) is 6.20 Å². The molecule has 7 heteroatoms. The minimum atomic E-state index is -4.29. The van der Waals surface area contributed by atoms with Gasteiger partial charge < -0.3 is 10.2 Å². The van der Waals surface area contributed by atoms with E-state index in [1.165, 1.54) is 0 Å². The van der Waals surface area contributed by atoms with Gasteiger partial charge >= 0.3 is 6.18 Å². The van der Waals surface area contributed by atoms with Gasteiger partial charge in [-0.15, -0.1) is 0 Å². The van der Waals surface area contributed by atoms with Crippen molar-refractivity contribution in [2.75, 3.05) is 25.5 Å². The highest BCUT2D eigenvalue weighted by Crippen LogP contribution is 2.35. The van der Waals surface area contributed by atoms with Gasteiger partial charge in [0.25, 0.3) is 0 Å². The van der Waals surface area contributed by atoms with Crippen molar-refractivity contribution < 1.29 is 13.2 Å². The topological polar surface area (TPSA) is 28.2 Å². The van der Waals surface area contributed by atoms with Crippen LogP contribution in [-0.4, -0.2) is 36.1 Å². The second kappa shape index (κ2) is 4.81. The first-order chi connectivity index (χ1) is 7.95. The molecule has 3 nitrogen and oxygen atoms in total. The van der Waals surface area contributed by atoms with E-state index in [9.17, 15) is 13.2 Å². The van der Waals surface area contributed by atoms with E-state index in [1.807, 2.05) is 7.05 Å². The normalized spacial score (nSPS) is 19.5. The molecule has 1 saturated heterocycles. The molecule has 1 aromatic rings. The number of piperidine rings is 1. The number of hydrogen-bond acceptors (Lipinski definition) is 4. The monoisotopic (exact) mass is 265 g/mol. The number of likely N-dealkylation sites (tertiary alicyclic amines) is 1. The standard InChI is InChI=1S/C10H14F3N3S/c1-16-4-2-7(3-5-16)15-9-14-6-8(17-9)10(11,12)13/h6-7H,2-5H2,1H3,(H,14,15). The molecule has 1 aromatic heterocycles. The van der Waals surface area contributed by atoms with Crippen LogP contribution in [0.1, 0.15) is 17.7 Å². The second-order valence-electron chi connectivity index (χ2n) is 4.25. The first-order valence-corrected chi connectivity index (χ1v) is 6.25. The molecule has 0 aromatic carbocycles. The zero-order valence-electron chi connectivity index (χ0n) is 9.42. The Morgan fingerprint density at radius 3 is 2.59 bits per heavy atom. The van der Waals surface area contributed by atoms with E-state index in [4.69, 9.17) is 0 Å². The fourth-order valence-corrected chi connectivity index (χ4v) is 2.56. The van der Waals surface area contributed by atoms with Gasteiger partial charge in [-0.2, -0.15) is 13.2 Å². The van der Waals surface area contributed by atoms with Crippen LogP contribution in [0.2, 0.25) is 0 Å². The van der Waals surface area contributed by atoms with E-state index < -0.39 is 11.1 Å². The fourth-order valence-electron chi connectivity index (χ4n) is 1.80. The number of aromatic nitrogens is 1. The number of halogens is 3. The summed E-state index contributed by atoms with van der Waals surface area (Å²) in [7, 11) is 2.04. The van der Waals surface area contributed by atoms with Crippen LogP contribution in [0, 0.1) is 0 Å². The number of hydrogen-bond donors (Lipinski definition) is 1. The molecule has 2 rings (SSSR count). The molecule has 0 bridgehead atoms. The molecule has 1 N–H and O–H groups in total. The summed E-state index contributed by atoms with van der Waals surface area (Å²) in [6.45, 7) is 1.93. The van der Waals surface area contributed by atoms with Crippen molar-refractivity contribution in [3.8, 4) is 0 Å². The van der Waals surface area contributed by atoms with Gasteiger partial charge in [-0.25, -0.2) is 4.98 Å². The smallest absolute Gasteiger partial charge is 0.359 e. The first-order valence-electron chi connectivity index (χ1n) is 5.43. The van der Waals surface area contributed by atoms with Crippen molar-refractivity contribution in [1.29, 1.82) is 0 Å². The van der Waals surface area contributed by atoms with E-state index in [2.05, 4.69) is 15.2 Å². The Morgan fingerprint density at radius 2 is 2.06 bits per heavy atom. The lowest BCUT2D eigenvalue weighted by molar-refractivity contribution is -0.134. The molecule has 0 aliphatic carbocycles. The summed E-state index contributed by atoms with van der Waals surface area (Å²) >= 11 is 0.673. The lowest BCUT2D eigenvalue weighted by Crippen LogP contribution is -2.36. The predicted octanol–water partition coefficient (Wildman–Crippen LogP) is 2.67. The van der Waals surface area contributed by atoms with Crippen molar-refractivity contribution in [2.24, 2.45) is 0 Å². The Bertz CT molecular complexity index is 369. The highest BCUT2D eigenvalue weighted by molar-refractivity contribution is 7.15. The summed E-state index contributed by atoms with van der Waals surface area (Å²) in [6, 6.07) is 0.235. The van der Waals surface area contributed by atoms with Crippen LogP contribution >= 0.6 is 11.3 Å². The molecule has 0 saturated carbocycles. The van der Waals surface area contributed by atoms with E-state index in [0.29, 0.717) is 16.5 Å². The minimum absolute atomic E-state index is 0.235. The number of thiazole rings is 1. The van der Waals surface area contributed by atoms with Gasteiger partial charge in [0.2, 0.25) is 0 Å². The molecule has 17 heavy (non-hydrogen) atoms. The molecule has 2 heterocycles. The highest BCUT2D eigenvalue weighted by Gasteiger charge is 2.33. The van der Waals surface area contributed by atoms with Gasteiger partial charge in [-0.1, -0.05) is 11.3 Å². The Balaban J connectivity index is 1.93. The summed E-state index contributed by atoms with van der Waals surface area (Å²) in [6.07, 6.45) is -1.51. The average Bonchev–Trinajstić information content (AvgIpc) is 2.69. The third-order valence-electron chi connectivity index (χ3n) is 2.83. The number of nitrogens with one attached hydrogen (secondary N) is 1. The summed E-state index contributed by atoms with van der Waals surface area (Å²) in [5.74, 6) is 0. The number of nitrogens with zero attached hydrogens (tertiary/aromatic N) is 2. The van der Waals surface area contributed by atoms with Gasteiger partial charge in [0, 0.05) is 6.04 Å². The van der Waals surface area contributed by atoms with Crippen molar-refractivity contribution in [3.63, 3.8) is 0 Å². The summed E-state index contributed by atoms with van der Waals surface area (Å²) in [5, 5.41) is 3.44. The number of anilines is 1. The predicted molar refractivity (Wildman–Crippen MR) is 61.3 cm³/mol. The van der Waals surface area contributed by atoms with Crippen LogP contribution < -0.4 is 5.32 Å². The molecule has 0 spiro atoms. The third kappa shape index (κ3) is 3.32. The SMILES string of the molecule is CN1CCC(Nc2ncc(C(F)(F)F)s2)CC1. The van der Waals surface area contributed by atoms with Crippen molar-refractivity contribution in [2.45, 2.75) is 25.1 Å². The van der Waals surface area contributed by atoms with Crippen molar-refractivity contribution in [3.05, 3.63) is 11.1 Å². The van der Waals surface area contributed by atoms with Crippen molar-refractivity contribution in [1.82, 2.24) is 9.88 Å². The van der Waals surface area contributed by atoms with Gasteiger partial charge in [0.15, 0.2) is 5.13 Å². The zero-order chi connectivity index (χ0) is 12.5. The number of rotatable bonds is 2. The molecule has 1 fully saturated rings. The highest BCUT2D eigenvalue weighted by atomic mass is 32.1. The van der Waals surface area contributed by atoms with Gasteiger partial charge in [0.05, 0.1) is 6.20 Å². The first kappa shape index (κ1) is 12.6. The van der Waals surface area contributed by atoms with Gasteiger partial charge in [-0.05, 0) is 33.0 Å². The van der Waals surface area contributed by atoms with E-state index in [0.717, 1.165) is 32.1 Å². The molecule has 1 aliphatic rings. The van der Waals surface area contributed by atoms with Crippen LogP contribution in [0.5, 0.6) is 0 Å². The van der Waals surface area contributed by atoms with Crippen LogP contribution in [0.25, 0.3) is 0 Å². The Morgan fingerprint density at radius 1 is 1.41 bits per heavy atom. The maximum Gasteiger partial charge on any atom is 0.427 e. The summed E-state index contributed by atoms with van der Waals surface area (Å²) in [5.41, 5.74) is 0. The number of alkyl halides is 3.